The summed E-state index contributed by atoms with van der Waals surface area (Å²) in [7, 11) is 0. The van der Waals surface area contributed by atoms with Gasteiger partial charge in [-0.2, -0.15) is 0 Å². The molecule has 0 unspecified atom stereocenters. The van der Waals surface area contributed by atoms with Crippen LogP contribution >= 0.6 is 22.9 Å². The maximum atomic E-state index is 11.5. The largest absolute Gasteiger partial charge is 0.481 e. The van der Waals surface area contributed by atoms with Crippen LogP contribution in [-0.4, -0.2) is 53.8 Å². The fraction of sp³-hybridized carbons (Fsp3) is 0.600. The van der Waals surface area contributed by atoms with Gasteiger partial charge in [-0.25, -0.2) is 4.79 Å². The Labute approximate surface area is 145 Å². The first-order valence-corrected chi connectivity index (χ1v) is 8.57. The highest BCUT2D eigenvalue weighted by Gasteiger charge is 2.22. The molecule has 1 fully saturated rings. The third-order valence-corrected chi connectivity index (χ3v) is 4.05. The Morgan fingerprint density at radius 2 is 2.00 bits per heavy atom. The molecule has 1 saturated heterocycles. The molecule has 0 aromatic carbocycles. The number of rotatable bonds is 2. The number of carboxylic acid groups (broad SMARTS) is 1. The number of aliphatic carboxylic acids is 1. The standard InChI is InChI=1S/C9H18N2O2.C6H5ClO2S/c1-9(2,3)13-8(12)11-6-4-10-5-7-11;7-6-4(1-2-10-6)3-5(8)9/h10H,4-7H2,1-3H3;1-2H,3H2,(H,8,9). The van der Waals surface area contributed by atoms with Crippen molar-refractivity contribution in [3.05, 3.63) is 21.3 Å². The lowest BCUT2D eigenvalue weighted by Crippen LogP contribution is -2.48. The normalized spacial score (nSPS) is 14.7. The van der Waals surface area contributed by atoms with Gasteiger partial charge in [0.25, 0.3) is 0 Å². The highest BCUT2D eigenvalue weighted by Crippen LogP contribution is 2.22. The first-order valence-electron chi connectivity index (χ1n) is 7.31. The van der Waals surface area contributed by atoms with Crippen LogP contribution in [0.4, 0.5) is 4.79 Å². The van der Waals surface area contributed by atoms with Gasteiger partial charge in [0, 0.05) is 26.2 Å². The lowest BCUT2D eigenvalue weighted by atomic mass is 10.2. The Hall–Kier alpha value is -1.31. The maximum absolute atomic E-state index is 11.5. The summed E-state index contributed by atoms with van der Waals surface area (Å²) >= 11 is 6.99. The molecule has 0 aliphatic carbocycles. The molecule has 1 aromatic heterocycles. The molecule has 1 aromatic rings. The van der Waals surface area contributed by atoms with E-state index in [9.17, 15) is 9.59 Å². The average Bonchev–Trinajstić information content (AvgIpc) is 2.83. The monoisotopic (exact) mass is 362 g/mol. The molecule has 0 radical (unpaired) electrons. The van der Waals surface area contributed by atoms with Gasteiger partial charge in [-0.15, -0.1) is 11.3 Å². The minimum Gasteiger partial charge on any atom is -0.481 e. The Bertz CT molecular complexity index is 522. The van der Waals surface area contributed by atoms with Crippen molar-refractivity contribution in [3.63, 3.8) is 0 Å². The van der Waals surface area contributed by atoms with Crippen molar-refractivity contribution in [1.82, 2.24) is 10.2 Å². The fourth-order valence-corrected chi connectivity index (χ4v) is 2.71. The Morgan fingerprint density at radius 3 is 2.43 bits per heavy atom. The molecule has 2 heterocycles. The summed E-state index contributed by atoms with van der Waals surface area (Å²) in [5.74, 6) is -0.847. The minimum absolute atomic E-state index is 0.0162. The summed E-state index contributed by atoms with van der Waals surface area (Å²) in [6.07, 6.45) is -0.184. The Balaban J connectivity index is 0.000000238. The summed E-state index contributed by atoms with van der Waals surface area (Å²) in [6.45, 7) is 8.86. The molecule has 6 nitrogen and oxygen atoms in total. The van der Waals surface area contributed by atoms with Crippen LogP contribution in [0.15, 0.2) is 11.4 Å². The molecule has 0 saturated carbocycles. The van der Waals surface area contributed by atoms with Gasteiger partial charge in [0.2, 0.25) is 0 Å². The molecule has 130 valence electrons. The molecule has 1 aliphatic heterocycles. The van der Waals surface area contributed by atoms with Gasteiger partial charge in [-0.3, -0.25) is 4.79 Å². The van der Waals surface area contributed by atoms with Crippen molar-refractivity contribution >= 4 is 35.0 Å². The van der Waals surface area contributed by atoms with E-state index in [0.717, 1.165) is 26.2 Å². The van der Waals surface area contributed by atoms with E-state index in [0.29, 0.717) is 9.90 Å². The number of piperazine rings is 1. The van der Waals surface area contributed by atoms with Gasteiger partial charge in [-0.1, -0.05) is 11.6 Å². The van der Waals surface area contributed by atoms with Crippen molar-refractivity contribution < 1.29 is 19.4 Å². The first-order chi connectivity index (χ1) is 10.7. The second-order valence-corrected chi connectivity index (χ2v) is 7.53. The Kier molecular flexibility index (Phi) is 7.81. The van der Waals surface area contributed by atoms with Crippen LogP contribution in [0.25, 0.3) is 0 Å². The minimum atomic E-state index is -0.847. The smallest absolute Gasteiger partial charge is 0.410 e. The lowest BCUT2D eigenvalue weighted by molar-refractivity contribution is -0.136. The number of nitrogens with zero attached hydrogens (tertiary/aromatic N) is 1. The molecule has 1 amide bonds. The SMILES string of the molecule is CC(C)(C)OC(=O)N1CCNCC1.O=C(O)Cc1ccsc1Cl. The third kappa shape index (κ3) is 8.20. The number of nitrogens with one attached hydrogen (secondary N) is 1. The number of ether oxygens (including phenoxy) is 1. The number of carbonyl (C=O) groups excluding carboxylic acids is 1. The molecule has 0 spiro atoms. The van der Waals surface area contributed by atoms with Crippen molar-refractivity contribution in [3.8, 4) is 0 Å². The third-order valence-electron chi connectivity index (χ3n) is 2.80. The van der Waals surface area contributed by atoms with E-state index in [1.165, 1.54) is 11.3 Å². The van der Waals surface area contributed by atoms with Crippen LogP contribution < -0.4 is 5.32 Å². The number of carboxylic acids is 1. The lowest BCUT2D eigenvalue weighted by Gasteiger charge is -2.30. The van der Waals surface area contributed by atoms with Gasteiger partial charge in [-0.05, 0) is 37.8 Å². The fourth-order valence-electron chi connectivity index (χ4n) is 1.78. The van der Waals surface area contributed by atoms with Gasteiger partial charge in [0.15, 0.2) is 0 Å². The topological polar surface area (TPSA) is 78.9 Å². The average molecular weight is 363 g/mol. The number of hydrogen-bond acceptors (Lipinski definition) is 5. The molecule has 8 heteroatoms. The molecule has 23 heavy (non-hydrogen) atoms. The van der Waals surface area contributed by atoms with Crippen LogP contribution in [0.5, 0.6) is 0 Å². The highest BCUT2D eigenvalue weighted by molar-refractivity contribution is 7.14. The molecule has 0 atom stereocenters. The zero-order chi connectivity index (χ0) is 17.5. The van der Waals surface area contributed by atoms with E-state index < -0.39 is 5.97 Å². The van der Waals surface area contributed by atoms with Crippen LogP contribution in [0.1, 0.15) is 26.3 Å². The summed E-state index contributed by atoms with van der Waals surface area (Å²) in [6, 6.07) is 1.72. The van der Waals surface area contributed by atoms with E-state index in [2.05, 4.69) is 5.32 Å². The van der Waals surface area contributed by atoms with Crippen molar-refractivity contribution in [2.45, 2.75) is 32.8 Å². The summed E-state index contributed by atoms with van der Waals surface area (Å²) in [4.78, 5) is 23.4. The first kappa shape index (κ1) is 19.7. The highest BCUT2D eigenvalue weighted by atomic mass is 35.5. The predicted molar refractivity (Wildman–Crippen MR) is 91.3 cm³/mol. The number of hydrogen-bond donors (Lipinski definition) is 2. The summed E-state index contributed by atoms with van der Waals surface area (Å²) in [5, 5.41) is 13.3. The number of halogens is 1. The molecule has 1 aliphatic rings. The van der Waals surface area contributed by atoms with Crippen LogP contribution in [0.3, 0.4) is 0 Å². The van der Waals surface area contributed by atoms with Gasteiger partial charge >= 0.3 is 12.1 Å². The zero-order valence-electron chi connectivity index (χ0n) is 13.6. The molecule has 2 N–H and O–H groups in total. The summed E-state index contributed by atoms with van der Waals surface area (Å²) in [5.41, 5.74) is 0.307. The van der Waals surface area contributed by atoms with E-state index in [1.807, 2.05) is 20.8 Å². The van der Waals surface area contributed by atoms with Gasteiger partial charge in [0.1, 0.15) is 5.60 Å². The molecule has 0 bridgehead atoms. The van der Waals surface area contributed by atoms with Crippen LogP contribution in [0.2, 0.25) is 4.34 Å². The van der Waals surface area contributed by atoms with Crippen LogP contribution in [0, 0.1) is 0 Å². The van der Waals surface area contributed by atoms with Crippen molar-refractivity contribution in [1.29, 1.82) is 0 Å². The molecular weight excluding hydrogens is 340 g/mol. The quantitative estimate of drug-likeness (QED) is 0.845. The molecular formula is C15H23ClN2O4S. The van der Waals surface area contributed by atoms with E-state index in [4.69, 9.17) is 21.4 Å². The maximum Gasteiger partial charge on any atom is 0.410 e. The van der Waals surface area contributed by atoms with Crippen molar-refractivity contribution in [2.24, 2.45) is 0 Å². The zero-order valence-corrected chi connectivity index (χ0v) is 15.2. The van der Waals surface area contributed by atoms with Crippen molar-refractivity contribution in [2.75, 3.05) is 26.2 Å². The van der Waals surface area contributed by atoms with E-state index in [1.54, 1.807) is 16.3 Å². The second kappa shape index (κ2) is 9.10. The number of thiophene rings is 1. The summed E-state index contributed by atoms with van der Waals surface area (Å²) < 4.78 is 5.81. The Morgan fingerprint density at radius 1 is 1.39 bits per heavy atom. The second-order valence-electron chi connectivity index (χ2n) is 6.01. The molecule has 2 rings (SSSR count). The van der Waals surface area contributed by atoms with Gasteiger partial charge < -0.3 is 20.1 Å². The van der Waals surface area contributed by atoms with Crippen LogP contribution in [-0.2, 0) is 16.0 Å². The predicted octanol–water partition coefficient (Wildman–Crippen LogP) is 2.86. The van der Waals surface area contributed by atoms with E-state index >= 15 is 0 Å². The van der Waals surface area contributed by atoms with E-state index in [-0.39, 0.29) is 18.1 Å². The number of amides is 1. The van der Waals surface area contributed by atoms with Gasteiger partial charge in [0.05, 0.1) is 10.8 Å². The number of carbonyl (C=O) groups is 2.